The Hall–Kier alpha value is -1.11. The average molecular weight is 377 g/mol. The van der Waals surface area contributed by atoms with E-state index < -0.39 is 19.7 Å². The van der Waals surface area contributed by atoms with Gasteiger partial charge in [-0.25, -0.2) is 9.46 Å². The van der Waals surface area contributed by atoms with E-state index >= 15 is 0 Å². The summed E-state index contributed by atoms with van der Waals surface area (Å²) >= 11 is 0. The predicted octanol–water partition coefficient (Wildman–Crippen LogP) is 2.20. The van der Waals surface area contributed by atoms with Gasteiger partial charge in [0.2, 0.25) is 5.91 Å². The van der Waals surface area contributed by atoms with Gasteiger partial charge in [-0.3, -0.25) is 9.36 Å². The normalized spacial score (nSPS) is 19.9. The molecule has 0 aliphatic carbocycles. The molecule has 8 nitrogen and oxygen atoms in total. The minimum Gasteiger partial charge on any atom is -0.449 e. The summed E-state index contributed by atoms with van der Waals surface area (Å²) in [5.41, 5.74) is 0. The number of nitrogens with one attached hydrogen (secondary N) is 2. The number of hydrogen-bond donors (Lipinski definition) is 2. The lowest BCUT2D eigenvalue weighted by atomic mass is 10.1. The third-order valence-corrected chi connectivity index (χ3v) is 6.14. The summed E-state index contributed by atoms with van der Waals surface area (Å²) in [4.78, 5) is 23.8. The molecule has 2 N–H and O–H groups in total. The van der Waals surface area contributed by atoms with Crippen LogP contribution in [0.25, 0.3) is 0 Å². The molecule has 2 atom stereocenters. The Morgan fingerprint density at radius 1 is 1.24 bits per heavy atom. The average Bonchev–Trinajstić information content (AvgIpc) is 2.53. The number of piperidine rings is 1. The van der Waals surface area contributed by atoms with Crippen LogP contribution in [0.3, 0.4) is 0 Å². The van der Waals surface area contributed by atoms with Gasteiger partial charge < -0.3 is 19.9 Å². The van der Waals surface area contributed by atoms with Gasteiger partial charge in [0.15, 0.2) is 0 Å². The number of carbonyl (C=O) groups excluding carboxylic acids is 2. The van der Waals surface area contributed by atoms with Gasteiger partial charge >= 0.3 is 6.09 Å². The molecule has 9 heteroatoms. The van der Waals surface area contributed by atoms with E-state index in [0.717, 1.165) is 0 Å². The lowest BCUT2D eigenvalue weighted by Gasteiger charge is -2.35. The van der Waals surface area contributed by atoms with Crippen LogP contribution in [-0.2, 0) is 18.6 Å². The molecule has 0 bridgehead atoms. The van der Waals surface area contributed by atoms with Crippen molar-refractivity contribution in [3.8, 4) is 0 Å². The first-order chi connectivity index (χ1) is 11.7. The number of ether oxygens (including phenoxy) is 1. The summed E-state index contributed by atoms with van der Waals surface area (Å²) < 4.78 is 24.6. The third kappa shape index (κ3) is 7.75. The summed E-state index contributed by atoms with van der Waals surface area (Å²) in [6.45, 7) is 10.9. The standard InChI is InChI=1S/C16H32N3O5P/c1-6-24-25(5,22)19-9-7-14(8-10-19)18-15(20)13(4)17-16(21)23-11-12(2)3/h12-14H,6-11H2,1-5H3,(H,17,21)(H,18,20)/t13-,25?/m0/s1. The quantitative estimate of drug-likeness (QED) is 0.630. The third-order valence-electron chi connectivity index (χ3n) is 3.98. The smallest absolute Gasteiger partial charge is 0.407 e. The maximum Gasteiger partial charge on any atom is 0.407 e. The number of nitrogens with zero attached hydrogens (tertiary/aromatic N) is 1. The number of hydrogen-bond acceptors (Lipinski definition) is 5. The van der Waals surface area contributed by atoms with E-state index in [-0.39, 0.29) is 17.9 Å². The zero-order chi connectivity index (χ0) is 19.0. The molecule has 1 heterocycles. The topological polar surface area (TPSA) is 97.0 Å². The molecule has 0 radical (unpaired) electrons. The van der Waals surface area contributed by atoms with Crippen LogP contribution in [0.1, 0.15) is 40.5 Å². The van der Waals surface area contributed by atoms with E-state index in [9.17, 15) is 14.2 Å². The van der Waals surface area contributed by atoms with Crippen LogP contribution in [0.15, 0.2) is 0 Å². The van der Waals surface area contributed by atoms with Crippen LogP contribution in [-0.4, -0.2) is 61.7 Å². The largest absolute Gasteiger partial charge is 0.449 e. The van der Waals surface area contributed by atoms with E-state index in [1.807, 2.05) is 25.4 Å². The highest BCUT2D eigenvalue weighted by Crippen LogP contribution is 2.47. The Balaban J connectivity index is 2.36. The fraction of sp³-hybridized carbons (Fsp3) is 0.875. The van der Waals surface area contributed by atoms with E-state index in [1.54, 1.807) is 13.6 Å². The first-order valence-electron chi connectivity index (χ1n) is 8.86. The monoisotopic (exact) mass is 377 g/mol. The fourth-order valence-electron chi connectivity index (χ4n) is 2.55. The molecule has 25 heavy (non-hydrogen) atoms. The summed E-state index contributed by atoms with van der Waals surface area (Å²) in [5.74, 6) is -0.00395. The molecule has 1 saturated heterocycles. The van der Waals surface area contributed by atoms with Crippen LogP contribution in [0, 0.1) is 5.92 Å². The number of rotatable bonds is 8. The van der Waals surface area contributed by atoms with E-state index in [4.69, 9.17) is 9.26 Å². The number of amides is 2. The Bertz CT molecular complexity index is 492. The minimum atomic E-state index is -2.74. The zero-order valence-electron chi connectivity index (χ0n) is 15.9. The van der Waals surface area contributed by atoms with Crippen molar-refractivity contribution in [1.82, 2.24) is 15.3 Å². The molecular weight excluding hydrogens is 345 g/mol. The van der Waals surface area contributed by atoms with Crippen LogP contribution < -0.4 is 10.6 Å². The van der Waals surface area contributed by atoms with E-state index in [2.05, 4.69) is 10.6 Å². The van der Waals surface area contributed by atoms with Crippen molar-refractivity contribution in [2.75, 3.05) is 33.0 Å². The lowest BCUT2D eigenvalue weighted by molar-refractivity contribution is -0.123. The van der Waals surface area contributed by atoms with Gasteiger partial charge in [-0.2, -0.15) is 0 Å². The highest BCUT2D eigenvalue weighted by Gasteiger charge is 2.31. The van der Waals surface area contributed by atoms with Crippen molar-refractivity contribution < 1.29 is 23.4 Å². The van der Waals surface area contributed by atoms with Gasteiger partial charge in [0.25, 0.3) is 7.52 Å². The molecule has 1 aliphatic rings. The maximum atomic E-state index is 12.4. The lowest BCUT2D eigenvalue weighted by Crippen LogP contribution is -2.50. The second kappa shape index (κ2) is 10.1. The Morgan fingerprint density at radius 2 is 1.84 bits per heavy atom. The van der Waals surface area contributed by atoms with Crippen molar-refractivity contribution >= 4 is 19.5 Å². The molecule has 0 aromatic rings. The summed E-state index contributed by atoms with van der Waals surface area (Å²) in [5, 5.41) is 5.45. The Kier molecular flexibility index (Phi) is 8.89. The molecule has 1 aliphatic heterocycles. The molecule has 0 spiro atoms. The van der Waals surface area contributed by atoms with Gasteiger partial charge in [0, 0.05) is 25.8 Å². The van der Waals surface area contributed by atoms with Gasteiger partial charge in [0.1, 0.15) is 6.04 Å². The van der Waals surface area contributed by atoms with Crippen molar-refractivity contribution in [3.63, 3.8) is 0 Å². The van der Waals surface area contributed by atoms with Crippen molar-refractivity contribution in [2.24, 2.45) is 5.92 Å². The predicted molar refractivity (Wildman–Crippen MR) is 96.7 cm³/mol. The zero-order valence-corrected chi connectivity index (χ0v) is 16.8. The summed E-state index contributed by atoms with van der Waals surface area (Å²) in [6, 6.07) is -0.667. The molecule has 0 aromatic heterocycles. The molecule has 2 amide bonds. The summed E-state index contributed by atoms with van der Waals surface area (Å²) in [7, 11) is -2.74. The Morgan fingerprint density at radius 3 is 2.36 bits per heavy atom. The SMILES string of the molecule is CCOP(C)(=O)N1CCC(NC(=O)[C@H](C)NC(=O)OCC(C)C)CC1. The van der Waals surface area contributed by atoms with Crippen LogP contribution in [0.4, 0.5) is 4.79 Å². The molecular formula is C16H32N3O5P. The van der Waals surface area contributed by atoms with Crippen molar-refractivity contribution in [2.45, 2.75) is 52.6 Å². The fourth-order valence-corrected chi connectivity index (χ4v) is 4.15. The van der Waals surface area contributed by atoms with Gasteiger partial charge in [-0.05, 0) is 32.6 Å². The first-order valence-corrected chi connectivity index (χ1v) is 10.9. The molecule has 1 rings (SSSR count). The van der Waals surface area contributed by atoms with Gasteiger partial charge in [-0.15, -0.1) is 0 Å². The second-order valence-electron chi connectivity index (χ2n) is 6.82. The highest BCUT2D eigenvalue weighted by atomic mass is 31.2. The van der Waals surface area contributed by atoms with Crippen LogP contribution in [0.2, 0.25) is 0 Å². The Labute approximate surface area is 150 Å². The van der Waals surface area contributed by atoms with Gasteiger partial charge in [-0.1, -0.05) is 13.8 Å². The molecule has 0 saturated carbocycles. The molecule has 146 valence electrons. The molecule has 1 unspecified atom stereocenters. The first kappa shape index (κ1) is 21.9. The van der Waals surface area contributed by atoms with E-state index in [1.165, 1.54) is 0 Å². The second-order valence-corrected chi connectivity index (χ2v) is 9.25. The number of carbonyl (C=O) groups is 2. The maximum absolute atomic E-state index is 12.4. The summed E-state index contributed by atoms with van der Waals surface area (Å²) in [6.07, 6.45) is 0.803. The minimum absolute atomic E-state index is 0.00121. The van der Waals surface area contributed by atoms with Crippen molar-refractivity contribution in [3.05, 3.63) is 0 Å². The highest BCUT2D eigenvalue weighted by molar-refractivity contribution is 7.55. The van der Waals surface area contributed by atoms with Gasteiger partial charge in [0.05, 0.1) is 13.2 Å². The van der Waals surface area contributed by atoms with E-state index in [0.29, 0.717) is 39.1 Å². The van der Waals surface area contributed by atoms with Crippen molar-refractivity contribution in [1.29, 1.82) is 0 Å². The molecule has 0 aromatic carbocycles. The van der Waals surface area contributed by atoms with Crippen LogP contribution in [0.5, 0.6) is 0 Å². The number of alkyl carbamates (subject to hydrolysis) is 1. The van der Waals surface area contributed by atoms with Crippen LogP contribution >= 0.6 is 7.52 Å². The molecule has 1 fully saturated rings.